The van der Waals surface area contributed by atoms with Crippen molar-refractivity contribution in [3.63, 3.8) is 0 Å². The summed E-state index contributed by atoms with van der Waals surface area (Å²) >= 11 is 0. The second-order valence-electron chi connectivity index (χ2n) is 3.01. The van der Waals surface area contributed by atoms with Gasteiger partial charge >= 0.3 is 0 Å². The zero-order chi connectivity index (χ0) is 9.23. The van der Waals surface area contributed by atoms with E-state index in [0.717, 1.165) is 38.6 Å². The van der Waals surface area contributed by atoms with Crippen molar-refractivity contribution in [3.05, 3.63) is 6.92 Å². The molecular weight excluding hydrogens is 150 g/mol. The van der Waals surface area contributed by atoms with Crippen LogP contribution in [0, 0.1) is 6.92 Å². The number of hydrogen-bond donors (Lipinski definition) is 1. The smallest absolute Gasteiger partial charge is 0.219 e. The minimum absolute atomic E-state index is 0.195. The molecule has 0 spiro atoms. The molecule has 1 amide bonds. The molecule has 71 valence electrons. The van der Waals surface area contributed by atoms with E-state index >= 15 is 0 Å². The summed E-state index contributed by atoms with van der Waals surface area (Å²) in [6, 6.07) is 0. The Bertz CT molecular complexity index is 112. The number of rotatable bonds is 7. The van der Waals surface area contributed by atoms with Gasteiger partial charge in [0, 0.05) is 13.0 Å². The molecule has 0 aliphatic carbocycles. The Morgan fingerprint density at radius 1 is 1.33 bits per heavy atom. The zero-order valence-electron chi connectivity index (χ0n) is 8.07. The van der Waals surface area contributed by atoms with Crippen molar-refractivity contribution in [2.75, 3.05) is 6.54 Å². The summed E-state index contributed by atoms with van der Waals surface area (Å²) in [5.41, 5.74) is 0. The van der Waals surface area contributed by atoms with Gasteiger partial charge in [-0.05, 0) is 12.8 Å². The van der Waals surface area contributed by atoms with E-state index in [1.807, 2.05) is 0 Å². The van der Waals surface area contributed by atoms with Gasteiger partial charge in [0.05, 0.1) is 0 Å². The van der Waals surface area contributed by atoms with Crippen LogP contribution in [0.15, 0.2) is 0 Å². The summed E-state index contributed by atoms with van der Waals surface area (Å²) in [4.78, 5) is 11.0. The third-order valence-corrected chi connectivity index (χ3v) is 1.73. The van der Waals surface area contributed by atoms with Gasteiger partial charge in [0.2, 0.25) is 5.91 Å². The van der Waals surface area contributed by atoms with Gasteiger partial charge in [0.1, 0.15) is 0 Å². The molecule has 0 aliphatic heterocycles. The molecule has 0 fully saturated rings. The van der Waals surface area contributed by atoms with E-state index in [1.165, 1.54) is 0 Å². The molecule has 0 bridgehead atoms. The normalized spacial score (nSPS) is 9.83. The lowest BCUT2D eigenvalue weighted by Gasteiger charge is -2.02. The summed E-state index contributed by atoms with van der Waals surface area (Å²) in [6.07, 6.45) is 5.95. The third-order valence-electron chi connectivity index (χ3n) is 1.73. The lowest BCUT2D eigenvalue weighted by Crippen LogP contribution is -2.23. The van der Waals surface area contributed by atoms with Gasteiger partial charge in [0.25, 0.3) is 0 Å². The molecule has 0 atom stereocenters. The SMILES string of the molecule is [CH2]CCCCCC(=O)NCCC. The molecule has 0 saturated heterocycles. The van der Waals surface area contributed by atoms with E-state index in [2.05, 4.69) is 19.2 Å². The highest BCUT2D eigenvalue weighted by atomic mass is 16.1. The van der Waals surface area contributed by atoms with E-state index in [0.29, 0.717) is 6.42 Å². The van der Waals surface area contributed by atoms with Crippen molar-refractivity contribution in [1.82, 2.24) is 5.32 Å². The van der Waals surface area contributed by atoms with Crippen molar-refractivity contribution >= 4 is 5.91 Å². The highest BCUT2D eigenvalue weighted by molar-refractivity contribution is 5.75. The summed E-state index contributed by atoms with van der Waals surface area (Å²) in [6.45, 7) is 6.62. The molecule has 0 unspecified atom stereocenters. The van der Waals surface area contributed by atoms with E-state index in [4.69, 9.17) is 0 Å². The zero-order valence-corrected chi connectivity index (χ0v) is 8.07. The van der Waals surface area contributed by atoms with Crippen molar-refractivity contribution in [2.45, 2.75) is 45.4 Å². The summed E-state index contributed by atoms with van der Waals surface area (Å²) in [7, 11) is 0. The fraction of sp³-hybridized carbons (Fsp3) is 0.800. The van der Waals surface area contributed by atoms with Crippen LogP contribution >= 0.6 is 0 Å². The average molecular weight is 170 g/mol. The van der Waals surface area contributed by atoms with Crippen LogP contribution < -0.4 is 5.32 Å². The Morgan fingerprint density at radius 3 is 2.67 bits per heavy atom. The first kappa shape index (κ1) is 11.5. The second kappa shape index (κ2) is 8.57. The van der Waals surface area contributed by atoms with Crippen LogP contribution in [0.3, 0.4) is 0 Å². The summed E-state index contributed by atoms with van der Waals surface area (Å²) in [5.74, 6) is 0.195. The fourth-order valence-corrected chi connectivity index (χ4v) is 0.992. The number of carbonyl (C=O) groups excluding carboxylic acids is 1. The molecule has 2 nitrogen and oxygen atoms in total. The van der Waals surface area contributed by atoms with E-state index in [9.17, 15) is 4.79 Å². The van der Waals surface area contributed by atoms with Gasteiger partial charge in [-0.15, -0.1) is 0 Å². The molecule has 0 rings (SSSR count). The van der Waals surface area contributed by atoms with Gasteiger partial charge in [-0.1, -0.05) is 33.1 Å². The Hall–Kier alpha value is -0.530. The Labute approximate surface area is 75.7 Å². The van der Waals surface area contributed by atoms with Gasteiger partial charge < -0.3 is 5.32 Å². The first-order chi connectivity index (χ1) is 5.81. The van der Waals surface area contributed by atoms with Crippen LogP contribution in [0.25, 0.3) is 0 Å². The van der Waals surface area contributed by atoms with Crippen molar-refractivity contribution < 1.29 is 4.79 Å². The number of nitrogens with one attached hydrogen (secondary N) is 1. The predicted octanol–water partition coefficient (Wildman–Crippen LogP) is 2.30. The number of hydrogen-bond acceptors (Lipinski definition) is 1. The van der Waals surface area contributed by atoms with Crippen molar-refractivity contribution in [3.8, 4) is 0 Å². The fourth-order valence-electron chi connectivity index (χ4n) is 0.992. The first-order valence-electron chi connectivity index (χ1n) is 4.87. The highest BCUT2D eigenvalue weighted by Crippen LogP contribution is 2.01. The molecule has 0 aromatic rings. The van der Waals surface area contributed by atoms with E-state index in [1.54, 1.807) is 0 Å². The number of amides is 1. The average Bonchev–Trinajstić information content (AvgIpc) is 2.09. The van der Waals surface area contributed by atoms with Crippen LogP contribution in [0.4, 0.5) is 0 Å². The lowest BCUT2D eigenvalue weighted by molar-refractivity contribution is -0.121. The molecule has 0 aromatic heterocycles. The van der Waals surface area contributed by atoms with Gasteiger partial charge in [-0.25, -0.2) is 0 Å². The van der Waals surface area contributed by atoms with Gasteiger partial charge in [-0.2, -0.15) is 0 Å². The van der Waals surface area contributed by atoms with Crippen LogP contribution in [0.1, 0.15) is 45.4 Å². The minimum Gasteiger partial charge on any atom is -0.356 e. The molecule has 1 radical (unpaired) electrons. The van der Waals surface area contributed by atoms with Crippen molar-refractivity contribution in [2.24, 2.45) is 0 Å². The topological polar surface area (TPSA) is 29.1 Å². The highest BCUT2D eigenvalue weighted by Gasteiger charge is 1.98. The molecular formula is C10H20NO. The molecule has 0 heterocycles. The molecule has 0 saturated carbocycles. The largest absolute Gasteiger partial charge is 0.356 e. The molecule has 0 aliphatic rings. The van der Waals surface area contributed by atoms with Gasteiger partial charge in [-0.3, -0.25) is 4.79 Å². The molecule has 0 aromatic carbocycles. The lowest BCUT2D eigenvalue weighted by atomic mass is 10.1. The number of carbonyl (C=O) groups is 1. The minimum atomic E-state index is 0.195. The van der Waals surface area contributed by atoms with Crippen LogP contribution in [-0.2, 0) is 4.79 Å². The standard InChI is InChI=1S/C10H20NO/c1-3-5-6-7-8-10(12)11-9-4-2/h1,3-9H2,2H3,(H,11,12). The maximum absolute atomic E-state index is 11.0. The van der Waals surface area contributed by atoms with Crippen LogP contribution in [0.2, 0.25) is 0 Å². The van der Waals surface area contributed by atoms with E-state index < -0.39 is 0 Å². The second-order valence-corrected chi connectivity index (χ2v) is 3.01. The first-order valence-corrected chi connectivity index (χ1v) is 4.87. The summed E-state index contributed by atoms with van der Waals surface area (Å²) in [5, 5.41) is 2.85. The monoisotopic (exact) mass is 170 g/mol. The van der Waals surface area contributed by atoms with Crippen molar-refractivity contribution in [1.29, 1.82) is 0 Å². The molecule has 12 heavy (non-hydrogen) atoms. The third kappa shape index (κ3) is 7.58. The predicted molar refractivity (Wildman–Crippen MR) is 51.7 cm³/mol. The maximum Gasteiger partial charge on any atom is 0.219 e. The summed E-state index contributed by atoms with van der Waals surface area (Å²) < 4.78 is 0. The van der Waals surface area contributed by atoms with E-state index in [-0.39, 0.29) is 5.91 Å². The Balaban J connectivity index is 3.08. The maximum atomic E-state index is 11.0. The van der Waals surface area contributed by atoms with Crippen LogP contribution in [0.5, 0.6) is 0 Å². The van der Waals surface area contributed by atoms with Gasteiger partial charge in [0.15, 0.2) is 0 Å². The Kier molecular flexibility index (Phi) is 8.19. The quantitative estimate of drug-likeness (QED) is 0.584. The van der Waals surface area contributed by atoms with Crippen LogP contribution in [-0.4, -0.2) is 12.5 Å². The number of unbranched alkanes of at least 4 members (excludes halogenated alkanes) is 3. The Morgan fingerprint density at radius 2 is 2.08 bits per heavy atom. The molecule has 1 N–H and O–H groups in total. The molecule has 2 heteroatoms.